The van der Waals surface area contributed by atoms with Crippen LogP contribution in [-0.4, -0.2) is 37.2 Å². The molecule has 0 amide bonds. The van der Waals surface area contributed by atoms with Gasteiger partial charge in [-0.05, 0) is 25.2 Å². The maximum Gasteiger partial charge on any atom is 0.306 e. The molecule has 0 aliphatic rings. The van der Waals surface area contributed by atoms with Gasteiger partial charge >= 0.3 is 17.9 Å². The molecule has 0 aromatic heterocycles. The standard InChI is InChI=1S/C57H110O6/c1-5-7-9-11-13-15-17-18-19-20-21-22-26-29-33-37-41-45-49-56(59)62-52-54(51-61-55(58)48-44-40-36-32-16-14-12-10-8-6-2)63-57(60)50-46-42-38-34-30-27-24-23-25-28-31-35-39-43-47-53(3)4/h53-54H,5-52H2,1-4H3/t54-/m1/s1. The molecule has 0 unspecified atom stereocenters. The Morgan fingerprint density at radius 3 is 0.778 bits per heavy atom. The number of rotatable bonds is 52. The number of carbonyl (C=O) groups is 3. The molecule has 0 radical (unpaired) electrons. The predicted octanol–water partition coefficient (Wildman–Crippen LogP) is 18.6. The summed E-state index contributed by atoms with van der Waals surface area (Å²) in [5.74, 6) is 0.00457. The van der Waals surface area contributed by atoms with Crippen molar-refractivity contribution >= 4 is 17.9 Å². The molecule has 0 saturated carbocycles. The Hall–Kier alpha value is -1.59. The van der Waals surface area contributed by atoms with E-state index in [0.717, 1.165) is 63.7 Å². The van der Waals surface area contributed by atoms with Crippen molar-refractivity contribution in [2.75, 3.05) is 13.2 Å². The topological polar surface area (TPSA) is 78.9 Å². The van der Waals surface area contributed by atoms with E-state index in [0.29, 0.717) is 19.3 Å². The second-order valence-corrected chi connectivity index (χ2v) is 20.1. The molecule has 0 aromatic rings. The van der Waals surface area contributed by atoms with Crippen LogP contribution in [0.5, 0.6) is 0 Å². The minimum atomic E-state index is -0.761. The van der Waals surface area contributed by atoms with Crippen LogP contribution in [0.15, 0.2) is 0 Å². The first-order valence-corrected chi connectivity index (χ1v) is 28.4. The molecule has 0 fully saturated rings. The van der Waals surface area contributed by atoms with Crippen LogP contribution < -0.4 is 0 Å². The van der Waals surface area contributed by atoms with Crippen LogP contribution in [0.4, 0.5) is 0 Å². The lowest BCUT2D eigenvalue weighted by Gasteiger charge is -2.18. The summed E-state index contributed by atoms with van der Waals surface area (Å²) in [4.78, 5) is 38.0. The Bertz CT molecular complexity index is 949. The highest BCUT2D eigenvalue weighted by Gasteiger charge is 2.19. The van der Waals surface area contributed by atoms with Crippen molar-refractivity contribution in [2.24, 2.45) is 5.92 Å². The average molecular weight is 892 g/mol. The number of unbranched alkanes of at least 4 members (excludes halogenated alkanes) is 39. The zero-order chi connectivity index (χ0) is 45.9. The van der Waals surface area contributed by atoms with Gasteiger partial charge in [-0.15, -0.1) is 0 Å². The molecule has 0 saturated heterocycles. The van der Waals surface area contributed by atoms with Crippen LogP contribution in [0.25, 0.3) is 0 Å². The van der Waals surface area contributed by atoms with Crippen molar-refractivity contribution in [2.45, 2.75) is 329 Å². The van der Waals surface area contributed by atoms with Crippen LogP contribution >= 0.6 is 0 Å². The van der Waals surface area contributed by atoms with Crippen LogP contribution in [0.1, 0.15) is 323 Å². The lowest BCUT2D eigenvalue weighted by molar-refractivity contribution is -0.167. The van der Waals surface area contributed by atoms with E-state index in [-0.39, 0.29) is 31.1 Å². The highest BCUT2D eigenvalue weighted by molar-refractivity contribution is 5.71. The Kier molecular flexibility index (Phi) is 50.1. The highest BCUT2D eigenvalue weighted by atomic mass is 16.6. The summed E-state index contributed by atoms with van der Waals surface area (Å²) in [6, 6.07) is 0. The van der Waals surface area contributed by atoms with Crippen molar-refractivity contribution in [3.05, 3.63) is 0 Å². The zero-order valence-electron chi connectivity index (χ0n) is 43.0. The van der Waals surface area contributed by atoms with Gasteiger partial charge in [0.2, 0.25) is 0 Å². The summed E-state index contributed by atoms with van der Waals surface area (Å²) in [5.41, 5.74) is 0. The number of esters is 3. The van der Waals surface area contributed by atoms with Crippen molar-refractivity contribution in [1.29, 1.82) is 0 Å². The van der Waals surface area contributed by atoms with Gasteiger partial charge in [-0.25, -0.2) is 0 Å². The number of hydrogen-bond donors (Lipinski definition) is 0. The zero-order valence-corrected chi connectivity index (χ0v) is 43.0. The van der Waals surface area contributed by atoms with Gasteiger partial charge in [0.15, 0.2) is 6.10 Å². The fraction of sp³-hybridized carbons (Fsp3) is 0.947. The smallest absolute Gasteiger partial charge is 0.306 e. The summed E-state index contributed by atoms with van der Waals surface area (Å²) >= 11 is 0. The van der Waals surface area contributed by atoms with Gasteiger partial charge in [0.25, 0.3) is 0 Å². The van der Waals surface area contributed by atoms with E-state index in [9.17, 15) is 14.4 Å². The minimum Gasteiger partial charge on any atom is -0.462 e. The molecule has 0 aliphatic heterocycles. The third-order valence-corrected chi connectivity index (χ3v) is 13.0. The predicted molar refractivity (Wildman–Crippen MR) is 270 cm³/mol. The van der Waals surface area contributed by atoms with Gasteiger partial charge in [0, 0.05) is 19.3 Å². The van der Waals surface area contributed by atoms with Gasteiger partial charge in [0.05, 0.1) is 0 Å². The van der Waals surface area contributed by atoms with Crippen LogP contribution in [0.2, 0.25) is 0 Å². The molecule has 0 bridgehead atoms. The lowest BCUT2D eigenvalue weighted by atomic mass is 10.0. The molecule has 63 heavy (non-hydrogen) atoms. The SMILES string of the molecule is CCCCCCCCCCCCCCCCCCCCC(=O)OC[C@@H](COC(=O)CCCCCCCCCCCC)OC(=O)CCCCCCCCCCCCCCCCC(C)C. The fourth-order valence-electron chi connectivity index (χ4n) is 8.75. The molecule has 0 spiro atoms. The van der Waals surface area contributed by atoms with E-state index in [2.05, 4.69) is 27.7 Å². The van der Waals surface area contributed by atoms with Gasteiger partial charge in [-0.1, -0.05) is 285 Å². The number of ether oxygens (including phenoxy) is 3. The molecule has 0 aliphatic carbocycles. The van der Waals surface area contributed by atoms with Gasteiger partial charge in [0.1, 0.15) is 13.2 Å². The van der Waals surface area contributed by atoms with Gasteiger partial charge in [-0.3, -0.25) is 14.4 Å². The van der Waals surface area contributed by atoms with Crippen LogP contribution in [-0.2, 0) is 28.6 Å². The fourth-order valence-corrected chi connectivity index (χ4v) is 8.75. The summed E-state index contributed by atoms with van der Waals surface area (Å²) in [6.07, 6.45) is 55.2. The second-order valence-electron chi connectivity index (χ2n) is 20.1. The lowest BCUT2D eigenvalue weighted by Crippen LogP contribution is -2.30. The Morgan fingerprint density at radius 1 is 0.302 bits per heavy atom. The molecular weight excluding hydrogens is 781 g/mol. The van der Waals surface area contributed by atoms with E-state index in [1.54, 1.807) is 0 Å². The Balaban J connectivity index is 4.24. The molecule has 6 heteroatoms. The van der Waals surface area contributed by atoms with E-state index in [4.69, 9.17) is 14.2 Å². The summed E-state index contributed by atoms with van der Waals surface area (Å²) in [7, 11) is 0. The molecule has 0 N–H and O–H groups in total. The van der Waals surface area contributed by atoms with Crippen molar-refractivity contribution in [3.8, 4) is 0 Å². The first-order chi connectivity index (χ1) is 30.9. The highest BCUT2D eigenvalue weighted by Crippen LogP contribution is 2.18. The molecular formula is C57H110O6. The van der Waals surface area contributed by atoms with E-state index < -0.39 is 6.10 Å². The van der Waals surface area contributed by atoms with Crippen molar-refractivity contribution in [1.82, 2.24) is 0 Å². The van der Waals surface area contributed by atoms with Gasteiger partial charge < -0.3 is 14.2 Å². The Labute approximate surface area is 393 Å². The molecule has 1 atom stereocenters. The van der Waals surface area contributed by atoms with Crippen molar-refractivity contribution < 1.29 is 28.6 Å². The largest absolute Gasteiger partial charge is 0.462 e. The minimum absolute atomic E-state index is 0.0620. The summed E-state index contributed by atoms with van der Waals surface area (Å²) in [6.45, 7) is 9.05. The molecule has 0 heterocycles. The molecule has 6 nitrogen and oxygen atoms in total. The van der Waals surface area contributed by atoms with E-state index in [1.165, 1.54) is 218 Å². The second kappa shape index (κ2) is 51.4. The Morgan fingerprint density at radius 2 is 0.524 bits per heavy atom. The quantitative estimate of drug-likeness (QED) is 0.0344. The van der Waals surface area contributed by atoms with E-state index >= 15 is 0 Å². The first-order valence-electron chi connectivity index (χ1n) is 28.4. The third kappa shape index (κ3) is 51.3. The van der Waals surface area contributed by atoms with E-state index in [1.807, 2.05) is 0 Å². The molecule has 0 rings (SSSR count). The summed E-state index contributed by atoms with van der Waals surface area (Å²) in [5, 5.41) is 0. The number of hydrogen-bond acceptors (Lipinski definition) is 6. The maximum atomic E-state index is 12.8. The molecule has 374 valence electrons. The van der Waals surface area contributed by atoms with Crippen molar-refractivity contribution in [3.63, 3.8) is 0 Å². The van der Waals surface area contributed by atoms with Gasteiger partial charge in [-0.2, -0.15) is 0 Å². The van der Waals surface area contributed by atoms with Crippen LogP contribution in [0, 0.1) is 5.92 Å². The maximum absolute atomic E-state index is 12.8. The monoisotopic (exact) mass is 891 g/mol. The average Bonchev–Trinajstić information content (AvgIpc) is 3.27. The first kappa shape index (κ1) is 61.4. The summed E-state index contributed by atoms with van der Waals surface area (Å²) < 4.78 is 16.9. The molecule has 0 aromatic carbocycles. The van der Waals surface area contributed by atoms with Crippen LogP contribution in [0.3, 0.4) is 0 Å². The number of carbonyl (C=O) groups excluding carboxylic acids is 3. The normalized spacial score (nSPS) is 12.0. The third-order valence-electron chi connectivity index (χ3n) is 13.0.